The maximum Gasteiger partial charge on any atom is 0.326 e. The van der Waals surface area contributed by atoms with Gasteiger partial charge in [-0.25, -0.2) is 9.69 Å². The van der Waals surface area contributed by atoms with Crippen LogP contribution in [0.4, 0.5) is 4.79 Å². The number of nitrogens with one attached hydrogen (secondary N) is 1. The molecule has 9 atom stereocenters. The number of carbonyl (C=O) groups excluding carboxylic acids is 2. The summed E-state index contributed by atoms with van der Waals surface area (Å²) in [5.41, 5.74) is -0.610. The molecule has 1 spiro atoms. The summed E-state index contributed by atoms with van der Waals surface area (Å²) in [6, 6.07) is 0.115. The average molecular weight is 416 g/mol. The van der Waals surface area contributed by atoms with Crippen LogP contribution in [0.3, 0.4) is 0 Å². The zero-order valence-corrected chi connectivity index (χ0v) is 18.3. The Morgan fingerprint density at radius 2 is 1.87 bits per heavy atom. The van der Waals surface area contributed by atoms with Gasteiger partial charge in [-0.2, -0.15) is 0 Å². The van der Waals surface area contributed by atoms with E-state index in [1.165, 1.54) is 24.2 Å². The highest BCUT2D eigenvalue weighted by molar-refractivity contribution is 6.07. The quantitative estimate of drug-likeness (QED) is 0.695. The predicted octanol–water partition coefficient (Wildman–Crippen LogP) is 2.95. The lowest BCUT2D eigenvalue weighted by Crippen LogP contribution is -2.55. The van der Waals surface area contributed by atoms with Gasteiger partial charge in [-0.05, 0) is 87.4 Å². The van der Waals surface area contributed by atoms with Crippen LogP contribution in [0.2, 0.25) is 0 Å². The second kappa shape index (κ2) is 6.93. The molecule has 0 aromatic rings. The second-order valence-corrected chi connectivity index (χ2v) is 11.5. The molecule has 2 saturated heterocycles. The van der Waals surface area contributed by atoms with E-state index in [0.29, 0.717) is 36.4 Å². The molecule has 6 fully saturated rings. The van der Waals surface area contributed by atoms with Gasteiger partial charge in [0.2, 0.25) is 0 Å². The minimum absolute atomic E-state index is 0.0496. The lowest BCUT2D eigenvalue weighted by atomic mass is 9.71. The van der Waals surface area contributed by atoms with Gasteiger partial charge in [0, 0.05) is 18.5 Å². The van der Waals surface area contributed by atoms with Crippen molar-refractivity contribution in [2.75, 3.05) is 13.2 Å². The van der Waals surface area contributed by atoms with Crippen molar-refractivity contribution in [3.63, 3.8) is 0 Å². The van der Waals surface area contributed by atoms with Crippen LogP contribution in [-0.2, 0) is 4.79 Å². The molecule has 0 aromatic heterocycles. The molecule has 0 radical (unpaired) electrons. The Hall–Kier alpha value is -1.14. The van der Waals surface area contributed by atoms with Gasteiger partial charge < -0.3 is 10.4 Å². The van der Waals surface area contributed by atoms with Gasteiger partial charge in [0.1, 0.15) is 5.54 Å². The fraction of sp³-hybridized carbons (Fsp3) is 0.917. The van der Waals surface area contributed by atoms with E-state index in [9.17, 15) is 14.7 Å². The number of imide groups is 1. The molecule has 6 rings (SSSR count). The van der Waals surface area contributed by atoms with E-state index < -0.39 is 5.54 Å². The maximum atomic E-state index is 13.7. The summed E-state index contributed by atoms with van der Waals surface area (Å²) in [5, 5.41) is 13.9. The van der Waals surface area contributed by atoms with Crippen molar-refractivity contribution in [2.24, 2.45) is 35.5 Å². The largest absolute Gasteiger partial charge is 0.393 e. The first-order valence-corrected chi connectivity index (χ1v) is 12.5. The van der Waals surface area contributed by atoms with Crippen molar-refractivity contribution in [2.45, 2.75) is 88.8 Å². The molecule has 2 heterocycles. The minimum atomic E-state index is -0.610. The molecule has 30 heavy (non-hydrogen) atoms. The molecule has 4 aliphatic carbocycles. The third-order valence-corrected chi connectivity index (χ3v) is 10.1. The number of carbonyl (C=O) groups is 2. The van der Waals surface area contributed by atoms with Crippen LogP contribution in [0.5, 0.6) is 0 Å². The number of rotatable bonds is 3. The van der Waals surface area contributed by atoms with Gasteiger partial charge in [-0.1, -0.05) is 13.3 Å². The molecular formula is C24H37N3O3. The Kier molecular flexibility index (Phi) is 4.51. The van der Waals surface area contributed by atoms with E-state index in [1.807, 2.05) is 0 Å². The average Bonchev–Trinajstić information content (AvgIpc) is 3.50. The Morgan fingerprint density at radius 3 is 2.73 bits per heavy atom. The van der Waals surface area contributed by atoms with Crippen LogP contribution in [0.25, 0.3) is 0 Å². The van der Waals surface area contributed by atoms with Crippen molar-refractivity contribution in [3.05, 3.63) is 0 Å². The molecule has 6 heteroatoms. The minimum Gasteiger partial charge on any atom is -0.393 e. The smallest absolute Gasteiger partial charge is 0.326 e. The van der Waals surface area contributed by atoms with Gasteiger partial charge in [-0.15, -0.1) is 0 Å². The summed E-state index contributed by atoms with van der Waals surface area (Å²) in [7, 11) is 0. The molecular weight excluding hydrogens is 378 g/mol. The number of aliphatic hydroxyl groups excluding tert-OH is 1. The topological polar surface area (TPSA) is 72.9 Å². The Bertz CT molecular complexity index is 743. The van der Waals surface area contributed by atoms with Gasteiger partial charge >= 0.3 is 6.03 Å². The highest BCUT2D eigenvalue weighted by Crippen LogP contribution is 2.63. The number of amides is 3. The molecule has 9 unspecified atom stereocenters. The summed E-state index contributed by atoms with van der Waals surface area (Å²) in [6.45, 7) is 3.61. The first-order chi connectivity index (χ1) is 14.5. The molecule has 6 aliphatic rings. The van der Waals surface area contributed by atoms with E-state index in [1.54, 1.807) is 0 Å². The highest BCUT2D eigenvalue weighted by Gasteiger charge is 2.68. The third-order valence-electron chi connectivity index (χ3n) is 10.1. The Morgan fingerprint density at radius 1 is 1.03 bits per heavy atom. The summed E-state index contributed by atoms with van der Waals surface area (Å²) < 4.78 is 0. The van der Waals surface area contributed by atoms with Crippen molar-refractivity contribution in [3.8, 4) is 0 Å². The number of hydrogen-bond acceptors (Lipinski definition) is 4. The molecule has 2 N–H and O–H groups in total. The van der Waals surface area contributed by atoms with Gasteiger partial charge in [0.25, 0.3) is 5.91 Å². The van der Waals surface area contributed by atoms with Crippen LogP contribution >= 0.6 is 0 Å². The number of nitrogens with zero attached hydrogens (tertiary/aromatic N) is 2. The molecule has 6 nitrogen and oxygen atoms in total. The molecule has 0 aromatic carbocycles. The Labute approximate surface area is 179 Å². The van der Waals surface area contributed by atoms with E-state index in [-0.39, 0.29) is 24.0 Å². The maximum absolute atomic E-state index is 13.7. The van der Waals surface area contributed by atoms with Crippen LogP contribution in [0, 0.1) is 35.5 Å². The number of fused-ring (bicyclic) bond motifs is 6. The normalized spacial score (nSPS) is 50.7. The Balaban J connectivity index is 1.19. The van der Waals surface area contributed by atoms with Crippen LogP contribution in [0.1, 0.15) is 71.1 Å². The lowest BCUT2D eigenvalue weighted by molar-refractivity contribution is -0.136. The van der Waals surface area contributed by atoms with E-state index >= 15 is 0 Å². The molecule has 4 saturated carbocycles. The van der Waals surface area contributed by atoms with Crippen LogP contribution in [0.15, 0.2) is 0 Å². The van der Waals surface area contributed by atoms with E-state index in [2.05, 4.69) is 17.1 Å². The summed E-state index contributed by atoms with van der Waals surface area (Å²) in [5.74, 6) is 3.40. The third kappa shape index (κ3) is 2.68. The number of urea groups is 1. The zero-order chi connectivity index (χ0) is 20.6. The number of hydrogen-bond donors (Lipinski definition) is 2. The fourth-order valence-electron chi connectivity index (χ4n) is 8.82. The highest BCUT2D eigenvalue weighted by atomic mass is 16.3. The summed E-state index contributed by atoms with van der Waals surface area (Å²) in [6.07, 6.45) is 10.8. The monoisotopic (exact) mass is 415 g/mol. The number of aliphatic hydroxyl groups is 1. The molecule has 2 aliphatic heterocycles. The first-order valence-electron chi connectivity index (χ1n) is 12.5. The lowest BCUT2D eigenvalue weighted by Gasteiger charge is -2.40. The molecule has 2 bridgehead atoms. The standard InChI is InChI=1S/C24H37N3O3/c1-14-7-8-21(28)18(10-14)20-6-3-9-26(20)13-27-22(29)24(25-23(27)30)12-15-11-19(24)17-5-2-4-16(15)17/h14-21,28H,2-13H2,1H3,(H,25,30). The zero-order valence-electron chi connectivity index (χ0n) is 18.3. The van der Waals surface area contributed by atoms with Gasteiger partial charge in [0.15, 0.2) is 0 Å². The predicted molar refractivity (Wildman–Crippen MR) is 112 cm³/mol. The van der Waals surface area contributed by atoms with Gasteiger partial charge in [-0.3, -0.25) is 9.69 Å². The fourth-order valence-corrected chi connectivity index (χ4v) is 8.82. The van der Waals surface area contributed by atoms with Crippen LogP contribution in [-0.4, -0.2) is 57.7 Å². The van der Waals surface area contributed by atoms with E-state index in [0.717, 1.165) is 57.4 Å². The first kappa shape index (κ1) is 19.5. The SMILES string of the molecule is CC1CCC(O)C(C2CCCN2CN2C(=O)NC3(CC4CC3C3CCCC43)C2=O)C1. The summed E-state index contributed by atoms with van der Waals surface area (Å²) in [4.78, 5) is 30.5. The molecule has 3 amide bonds. The summed E-state index contributed by atoms with van der Waals surface area (Å²) >= 11 is 0. The van der Waals surface area contributed by atoms with Crippen molar-refractivity contribution < 1.29 is 14.7 Å². The van der Waals surface area contributed by atoms with Crippen molar-refractivity contribution in [1.29, 1.82) is 0 Å². The van der Waals surface area contributed by atoms with Gasteiger partial charge in [0.05, 0.1) is 12.8 Å². The van der Waals surface area contributed by atoms with Crippen molar-refractivity contribution >= 4 is 11.9 Å². The van der Waals surface area contributed by atoms with E-state index in [4.69, 9.17) is 0 Å². The number of likely N-dealkylation sites (tertiary alicyclic amines) is 1. The molecule has 166 valence electrons. The second-order valence-electron chi connectivity index (χ2n) is 11.5. The van der Waals surface area contributed by atoms with Crippen LogP contribution < -0.4 is 5.32 Å². The van der Waals surface area contributed by atoms with Crippen molar-refractivity contribution in [1.82, 2.24) is 15.1 Å².